The average molecular weight is 488 g/mol. The van der Waals surface area contributed by atoms with Gasteiger partial charge < -0.3 is 14.7 Å². The SMILES string of the molecule is CN(C(=O)C1CCc2cc(CNS(C)(=O)=O)ccc2O1)[C@H](CN1CC[C@H](O)C1)c1ccccc1. The topological polar surface area (TPSA) is 99.2 Å². The molecule has 0 saturated carbocycles. The van der Waals surface area contributed by atoms with E-state index in [0.29, 0.717) is 31.7 Å². The number of fused-ring (bicyclic) bond motifs is 1. The molecule has 1 amide bonds. The van der Waals surface area contributed by atoms with E-state index in [1.54, 1.807) is 4.90 Å². The Balaban J connectivity index is 1.46. The molecule has 0 aromatic heterocycles. The highest BCUT2D eigenvalue weighted by Gasteiger charge is 2.34. The lowest BCUT2D eigenvalue weighted by molar-refractivity contribution is -0.140. The first-order chi connectivity index (χ1) is 16.2. The molecule has 2 heterocycles. The molecule has 0 spiro atoms. The van der Waals surface area contributed by atoms with Crippen LogP contribution in [0, 0.1) is 0 Å². The van der Waals surface area contributed by atoms with Gasteiger partial charge in [-0.25, -0.2) is 13.1 Å². The van der Waals surface area contributed by atoms with Gasteiger partial charge in [-0.15, -0.1) is 0 Å². The molecule has 1 fully saturated rings. The van der Waals surface area contributed by atoms with Crippen molar-refractivity contribution in [3.63, 3.8) is 0 Å². The molecule has 1 saturated heterocycles. The van der Waals surface area contributed by atoms with E-state index in [1.807, 2.05) is 55.6 Å². The number of rotatable bonds is 8. The summed E-state index contributed by atoms with van der Waals surface area (Å²) in [5.41, 5.74) is 2.88. The lowest BCUT2D eigenvalue weighted by atomic mass is 9.98. The number of ether oxygens (including phenoxy) is 1. The fourth-order valence-electron chi connectivity index (χ4n) is 4.67. The Morgan fingerprint density at radius 2 is 2.00 bits per heavy atom. The second-order valence-corrected chi connectivity index (χ2v) is 11.1. The predicted molar refractivity (Wildman–Crippen MR) is 130 cm³/mol. The van der Waals surface area contributed by atoms with Crippen LogP contribution in [0.4, 0.5) is 0 Å². The third-order valence-electron chi connectivity index (χ3n) is 6.56. The van der Waals surface area contributed by atoms with Crippen LogP contribution >= 0.6 is 0 Å². The average Bonchev–Trinajstić information content (AvgIpc) is 3.24. The highest BCUT2D eigenvalue weighted by Crippen LogP contribution is 2.31. The fourth-order valence-corrected chi connectivity index (χ4v) is 5.10. The minimum atomic E-state index is -3.26. The molecule has 2 aromatic carbocycles. The van der Waals surface area contributed by atoms with E-state index in [9.17, 15) is 18.3 Å². The first-order valence-electron chi connectivity index (χ1n) is 11.6. The lowest BCUT2D eigenvalue weighted by Gasteiger charge is -2.35. The normalized spacial score (nSPS) is 21.5. The highest BCUT2D eigenvalue weighted by molar-refractivity contribution is 7.88. The summed E-state index contributed by atoms with van der Waals surface area (Å²) < 4.78 is 31.3. The molecule has 0 bridgehead atoms. The molecule has 34 heavy (non-hydrogen) atoms. The Hall–Kier alpha value is -2.46. The Morgan fingerprint density at radius 3 is 2.68 bits per heavy atom. The van der Waals surface area contributed by atoms with Gasteiger partial charge in [0.2, 0.25) is 10.0 Å². The van der Waals surface area contributed by atoms with Crippen LogP contribution in [0.15, 0.2) is 48.5 Å². The smallest absolute Gasteiger partial charge is 0.263 e. The van der Waals surface area contributed by atoms with E-state index in [1.165, 1.54) is 0 Å². The van der Waals surface area contributed by atoms with Crippen molar-refractivity contribution >= 4 is 15.9 Å². The molecule has 9 heteroatoms. The van der Waals surface area contributed by atoms with Gasteiger partial charge in [-0.3, -0.25) is 9.69 Å². The Bertz CT molecular complexity index is 1110. The number of aliphatic hydroxyl groups is 1. The number of amides is 1. The van der Waals surface area contributed by atoms with Gasteiger partial charge in [0.25, 0.3) is 5.91 Å². The summed E-state index contributed by atoms with van der Waals surface area (Å²) in [6.07, 6.45) is 2.24. The van der Waals surface area contributed by atoms with Gasteiger partial charge in [0, 0.05) is 33.2 Å². The van der Waals surface area contributed by atoms with Crippen molar-refractivity contribution in [3.05, 3.63) is 65.2 Å². The number of hydrogen-bond donors (Lipinski definition) is 2. The van der Waals surface area contributed by atoms with Gasteiger partial charge in [-0.1, -0.05) is 42.5 Å². The molecule has 0 radical (unpaired) electrons. The molecule has 2 aromatic rings. The van der Waals surface area contributed by atoms with E-state index in [0.717, 1.165) is 35.9 Å². The summed E-state index contributed by atoms with van der Waals surface area (Å²) >= 11 is 0. The summed E-state index contributed by atoms with van der Waals surface area (Å²) in [7, 11) is -1.44. The van der Waals surface area contributed by atoms with Crippen LogP contribution in [0.25, 0.3) is 0 Å². The number of nitrogens with zero attached hydrogens (tertiary/aromatic N) is 2. The van der Waals surface area contributed by atoms with Crippen LogP contribution in [0.3, 0.4) is 0 Å². The van der Waals surface area contributed by atoms with Crippen LogP contribution < -0.4 is 9.46 Å². The summed E-state index contributed by atoms with van der Waals surface area (Å²) in [5, 5.41) is 9.94. The molecule has 2 aliphatic heterocycles. The largest absolute Gasteiger partial charge is 0.480 e. The summed E-state index contributed by atoms with van der Waals surface area (Å²) in [4.78, 5) is 17.5. The molecule has 184 valence electrons. The number of sulfonamides is 1. The predicted octanol–water partition coefficient (Wildman–Crippen LogP) is 1.70. The zero-order valence-electron chi connectivity index (χ0n) is 19.7. The maximum absolute atomic E-state index is 13.5. The maximum atomic E-state index is 13.5. The van der Waals surface area contributed by atoms with Crippen LogP contribution in [0.1, 0.15) is 35.6 Å². The van der Waals surface area contributed by atoms with Crippen molar-refractivity contribution in [2.45, 2.75) is 44.1 Å². The number of carbonyl (C=O) groups is 1. The van der Waals surface area contributed by atoms with Crippen molar-refractivity contribution in [2.75, 3.05) is 32.9 Å². The standard InChI is InChI=1S/C25H33N3O5S/c1-27(22(19-6-4-3-5-7-19)17-28-13-12-21(29)16-28)25(30)24-11-9-20-14-18(8-10-23(20)33-24)15-26-34(2,31)32/h3-8,10,14,21-22,24,26,29H,9,11-13,15-17H2,1-2H3/t21-,22+,24?/m0/s1. The number of nitrogens with one attached hydrogen (secondary N) is 1. The number of aryl methyl sites for hydroxylation is 1. The number of likely N-dealkylation sites (tertiary alicyclic amines) is 1. The van der Waals surface area contributed by atoms with Crippen molar-refractivity contribution < 1.29 is 23.1 Å². The molecular weight excluding hydrogens is 454 g/mol. The van der Waals surface area contributed by atoms with Crippen molar-refractivity contribution in [1.29, 1.82) is 0 Å². The van der Waals surface area contributed by atoms with Gasteiger partial charge in [0.1, 0.15) is 5.75 Å². The van der Waals surface area contributed by atoms with Crippen LogP contribution in [-0.2, 0) is 27.8 Å². The first-order valence-corrected chi connectivity index (χ1v) is 13.5. The van der Waals surface area contributed by atoms with Crippen LogP contribution in [0.2, 0.25) is 0 Å². The quantitative estimate of drug-likeness (QED) is 0.588. The Kier molecular flexibility index (Phi) is 7.57. The summed E-state index contributed by atoms with van der Waals surface area (Å²) in [5.74, 6) is 0.599. The maximum Gasteiger partial charge on any atom is 0.263 e. The highest BCUT2D eigenvalue weighted by atomic mass is 32.2. The third-order valence-corrected chi connectivity index (χ3v) is 7.23. The fraction of sp³-hybridized carbons (Fsp3) is 0.480. The zero-order valence-corrected chi connectivity index (χ0v) is 20.5. The van der Waals surface area contributed by atoms with Crippen molar-refractivity contribution in [3.8, 4) is 5.75 Å². The van der Waals surface area contributed by atoms with E-state index in [4.69, 9.17) is 4.74 Å². The monoisotopic (exact) mass is 487 g/mol. The minimum absolute atomic E-state index is 0.0675. The number of benzene rings is 2. The zero-order chi connectivity index (χ0) is 24.3. The second-order valence-electron chi connectivity index (χ2n) is 9.26. The van der Waals surface area contributed by atoms with E-state index >= 15 is 0 Å². The molecule has 0 aliphatic carbocycles. The Morgan fingerprint density at radius 1 is 1.24 bits per heavy atom. The molecule has 2 N–H and O–H groups in total. The first kappa shape index (κ1) is 24.7. The Labute approximate surface area is 201 Å². The van der Waals surface area contributed by atoms with Gasteiger partial charge >= 0.3 is 0 Å². The molecule has 4 rings (SSSR count). The summed E-state index contributed by atoms with van der Waals surface area (Å²) in [6.45, 7) is 2.32. The van der Waals surface area contributed by atoms with Crippen molar-refractivity contribution in [1.82, 2.24) is 14.5 Å². The number of β-amino-alcohol motifs (C(OH)–C–C–N with tert-alkyl or cyclic N) is 1. The van der Waals surface area contributed by atoms with E-state index in [-0.39, 0.29) is 24.6 Å². The van der Waals surface area contributed by atoms with Crippen LogP contribution in [0.5, 0.6) is 5.75 Å². The van der Waals surface area contributed by atoms with Gasteiger partial charge in [-0.05, 0) is 42.0 Å². The lowest BCUT2D eigenvalue weighted by Crippen LogP contribution is -2.46. The van der Waals surface area contributed by atoms with Gasteiger partial charge in [0.05, 0.1) is 18.4 Å². The molecule has 2 aliphatic rings. The number of aliphatic hydroxyl groups excluding tert-OH is 1. The molecular formula is C25H33N3O5S. The molecule has 3 atom stereocenters. The second kappa shape index (κ2) is 10.4. The summed E-state index contributed by atoms with van der Waals surface area (Å²) in [6, 6.07) is 15.4. The number of carbonyl (C=O) groups excluding carboxylic acids is 1. The van der Waals surface area contributed by atoms with E-state index in [2.05, 4.69) is 9.62 Å². The van der Waals surface area contributed by atoms with Crippen molar-refractivity contribution in [2.24, 2.45) is 0 Å². The molecule has 8 nitrogen and oxygen atoms in total. The van der Waals surface area contributed by atoms with E-state index < -0.39 is 16.1 Å². The van der Waals surface area contributed by atoms with Crippen LogP contribution in [-0.4, -0.2) is 74.4 Å². The van der Waals surface area contributed by atoms with Gasteiger partial charge in [0.15, 0.2) is 6.10 Å². The third kappa shape index (κ3) is 6.15. The minimum Gasteiger partial charge on any atom is -0.480 e. The number of likely N-dealkylation sites (N-methyl/N-ethyl adjacent to an activating group) is 1. The molecule has 1 unspecified atom stereocenters. The van der Waals surface area contributed by atoms with Gasteiger partial charge in [-0.2, -0.15) is 0 Å². The number of hydrogen-bond acceptors (Lipinski definition) is 6.